The third-order valence-electron chi connectivity index (χ3n) is 6.89. The van der Waals surface area contributed by atoms with Crippen molar-refractivity contribution in [2.45, 2.75) is 26.7 Å². The number of carbonyl (C=O) groups is 2. The van der Waals surface area contributed by atoms with Crippen molar-refractivity contribution in [2.75, 3.05) is 31.5 Å². The van der Waals surface area contributed by atoms with Gasteiger partial charge in [-0.05, 0) is 80.7 Å². The standard InChI is InChI=1S/C28H29BrN4O2/c1-17-24(31-18(2)25(17)28(35)30-12-15-33-13-3-4-14-33)16-22-26-21(19-8-10-20(29)11-9-19)6-5-7-23(26)32-27(22)34/h5-11,16,31H,3-4,12-15H2,1-2H3,(H,30,35)(H,32,34)/b22-16-. The van der Waals surface area contributed by atoms with Crippen LogP contribution >= 0.6 is 15.9 Å². The Morgan fingerprint density at radius 1 is 1.11 bits per heavy atom. The zero-order valence-electron chi connectivity index (χ0n) is 20.0. The maximum absolute atomic E-state index is 13.0. The number of amides is 2. The third-order valence-corrected chi connectivity index (χ3v) is 7.41. The fourth-order valence-corrected chi connectivity index (χ4v) is 5.35. The molecule has 0 unspecified atom stereocenters. The second-order valence-electron chi connectivity index (χ2n) is 9.22. The molecule has 1 fully saturated rings. The predicted molar refractivity (Wildman–Crippen MR) is 144 cm³/mol. The van der Waals surface area contributed by atoms with E-state index in [-0.39, 0.29) is 11.8 Å². The van der Waals surface area contributed by atoms with Gasteiger partial charge in [0.15, 0.2) is 0 Å². The zero-order valence-corrected chi connectivity index (χ0v) is 21.6. The molecule has 0 atom stereocenters. The Kier molecular flexibility index (Phi) is 6.62. The molecule has 0 bridgehead atoms. The molecule has 5 rings (SSSR count). The minimum Gasteiger partial charge on any atom is -0.358 e. The summed E-state index contributed by atoms with van der Waals surface area (Å²) in [5.41, 5.74) is 7.34. The van der Waals surface area contributed by atoms with E-state index < -0.39 is 0 Å². The van der Waals surface area contributed by atoms with Gasteiger partial charge >= 0.3 is 0 Å². The van der Waals surface area contributed by atoms with Crippen LogP contribution in [0, 0.1) is 13.8 Å². The van der Waals surface area contributed by atoms with Crippen molar-refractivity contribution in [1.29, 1.82) is 0 Å². The predicted octanol–water partition coefficient (Wildman–Crippen LogP) is 5.38. The van der Waals surface area contributed by atoms with Crippen LogP contribution in [0.3, 0.4) is 0 Å². The number of aromatic nitrogens is 1. The molecule has 1 aromatic heterocycles. The summed E-state index contributed by atoms with van der Waals surface area (Å²) in [6.07, 6.45) is 4.34. The Balaban J connectivity index is 1.44. The first kappa shape index (κ1) is 23.6. The molecular weight excluding hydrogens is 504 g/mol. The Hall–Kier alpha value is -3.16. The van der Waals surface area contributed by atoms with Gasteiger partial charge in [-0.1, -0.05) is 40.2 Å². The van der Waals surface area contributed by atoms with Crippen LogP contribution in [-0.2, 0) is 4.79 Å². The van der Waals surface area contributed by atoms with Crippen LogP contribution in [0.4, 0.5) is 5.69 Å². The number of carbonyl (C=O) groups excluding carboxylic acids is 2. The number of halogens is 1. The number of aromatic amines is 1. The Bertz CT molecular complexity index is 1320. The topological polar surface area (TPSA) is 77.2 Å². The summed E-state index contributed by atoms with van der Waals surface area (Å²) in [4.78, 5) is 31.7. The van der Waals surface area contributed by atoms with E-state index >= 15 is 0 Å². The average Bonchev–Trinajstić information content (AvgIpc) is 3.53. The normalized spacial score (nSPS) is 16.5. The molecule has 3 N–H and O–H groups in total. The molecule has 0 radical (unpaired) electrons. The van der Waals surface area contributed by atoms with E-state index in [0.717, 1.165) is 63.4 Å². The van der Waals surface area contributed by atoms with Gasteiger partial charge in [0, 0.05) is 40.2 Å². The first-order chi connectivity index (χ1) is 16.9. The lowest BCUT2D eigenvalue weighted by Gasteiger charge is -2.14. The second-order valence-corrected chi connectivity index (χ2v) is 10.1. The average molecular weight is 533 g/mol. The second kappa shape index (κ2) is 9.84. The molecule has 3 heterocycles. The highest BCUT2D eigenvalue weighted by molar-refractivity contribution is 9.10. The molecule has 2 aliphatic heterocycles. The lowest BCUT2D eigenvalue weighted by Crippen LogP contribution is -2.33. The minimum atomic E-state index is -0.146. The van der Waals surface area contributed by atoms with Crippen LogP contribution in [0.1, 0.15) is 45.7 Å². The lowest BCUT2D eigenvalue weighted by atomic mass is 9.94. The number of anilines is 1. The molecule has 6 nitrogen and oxygen atoms in total. The van der Waals surface area contributed by atoms with E-state index in [1.807, 2.05) is 62.4 Å². The SMILES string of the molecule is Cc1[nH]c(/C=C2\C(=O)Nc3cccc(-c4ccc(Br)cc4)c32)c(C)c1C(=O)NCCN1CCCC1. The van der Waals surface area contributed by atoms with Gasteiger partial charge in [0.25, 0.3) is 11.8 Å². The van der Waals surface area contributed by atoms with Crippen molar-refractivity contribution in [2.24, 2.45) is 0 Å². The molecule has 1 saturated heterocycles. The van der Waals surface area contributed by atoms with E-state index in [1.54, 1.807) is 0 Å². The summed E-state index contributed by atoms with van der Waals surface area (Å²) in [6.45, 7) is 7.57. The van der Waals surface area contributed by atoms with Crippen molar-refractivity contribution in [3.63, 3.8) is 0 Å². The summed E-state index contributed by atoms with van der Waals surface area (Å²) in [7, 11) is 0. The van der Waals surface area contributed by atoms with Crippen molar-refractivity contribution >= 4 is 45.1 Å². The maximum Gasteiger partial charge on any atom is 0.256 e. The molecule has 35 heavy (non-hydrogen) atoms. The number of H-pyrrole nitrogens is 1. The number of fused-ring (bicyclic) bond motifs is 1. The van der Waals surface area contributed by atoms with Crippen molar-refractivity contribution < 1.29 is 9.59 Å². The quantitative estimate of drug-likeness (QED) is 0.373. The van der Waals surface area contributed by atoms with Gasteiger partial charge in [-0.2, -0.15) is 0 Å². The van der Waals surface area contributed by atoms with E-state index in [4.69, 9.17) is 0 Å². The van der Waals surface area contributed by atoms with Gasteiger partial charge in [0.1, 0.15) is 0 Å². The maximum atomic E-state index is 13.0. The van der Waals surface area contributed by atoms with Crippen LogP contribution < -0.4 is 10.6 Å². The third kappa shape index (κ3) is 4.70. The molecule has 0 spiro atoms. The number of likely N-dealkylation sites (tertiary alicyclic amines) is 1. The molecule has 3 aromatic rings. The van der Waals surface area contributed by atoms with Crippen LogP contribution in [0.2, 0.25) is 0 Å². The molecule has 2 amide bonds. The summed E-state index contributed by atoms with van der Waals surface area (Å²) >= 11 is 3.49. The number of benzene rings is 2. The highest BCUT2D eigenvalue weighted by atomic mass is 79.9. The van der Waals surface area contributed by atoms with E-state index in [1.165, 1.54) is 12.8 Å². The van der Waals surface area contributed by atoms with Gasteiger partial charge in [-0.25, -0.2) is 0 Å². The lowest BCUT2D eigenvalue weighted by molar-refractivity contribution is -0.110. The summed E-state index contributed by atoms with van der Waals surface area (Å²) < 4.78 is 1.00. The van der Waals surface area contributed by atoms with Crippen molar-refractivity contribution in [3.8, 4) is 11.1 Å². The van der Waals surface area contributed by atoms with Crippen LogP contribution in [0.5, 0.6) is 0 Å². The van der Waals surface area contributed by atoms with E-state index in [0.29, 0.717) is 17.7 Å². The molecular formula is C28H29BrN4O2. The summed E-state index contributed by atoms with van der Waals surface area (Å²) in [6, 6.07) is 14.0. The smallest absolute Gasteiger partial charge is 0.256 e. The fourth-order valence-electron chi connectivity index (χ4n) is 5.08. The molecule has 0 saturated carbocycles. The van der Waals surface area contributed by atoms with Gasteiger partial charge in [0.2, 0.25) is 0 Å². The first-order valence-corrected chi connectivity index (χ1v) is 12.8. The Morgan fingerprint density at radius 3 is 2.60 bits per heavy atom. The molecule has 0 aliphatic carbocycles. The molecule has 180 valence electrons. The van der Waals surface area contributed by atoms with Crippen LogP contribution in [0.15, 0.2) is 46.9 Å². The number of nitrogens with one attached hydrogen (secondary N) is 3. The van der Waals surface area contributed by atoms with E-state index in [9.17, 15) is 9.59 Å². The first-order valence-electron chi connectivity index (χ1n) is 12.0. The summed E-state index contributed by atoms with van der Waals surface area (Å²) in [5.74, 6) is -0.222. The Labute approximate surface area is 213 Å². The van der Waals surface area contributed by atoms with Gasteiger partial charge in [-0.3, -0.25) is 9.59 Å². The zero-order chi connectivity index (χ0) is 24.5. The number of hydrogen-bond acceptors (Lipinski definition) is 3. The number of nitrogens with zero attached hydrogens (tertiary/aromatic N) is 1. The van der Waals surface area contributed by atoms with Crippen molar-refractivity contribution in [1.82, 2.24) is 15.2 Å². The monoisotopic (exact) mass is 532 g/mol. The largest absolute Gasteiger partial charge is 0.358 e. The van der Waals surface area contributed by atoms with Gasteiger partial charge in [-0.15, -0.1) is 0 Å². The molecule has 2 aliphatic rings. The Morgan fingerprint density at radius 2 is 1.86 bits per heavy atom. The van der Waals surface area contributed by atoms with Crippen LogP contribution in [-0.4, -0.2) is 47.9 Å². The van der Waals surface area contributed by atoms with E-state index in [2.05, 4.69) is 36.4 Å². The van der Waals surface area contributed by atoms with Crippen molar-refractivity contribution in [3.05, 3.63) is 75.0 Å². The highest BCUT2D eigenvalue weighted by Crippen LogP contribution is 2.41. The summed E-state index contributed by atoms with van der Waals surface area (Å²) in [5, 5.41) is 6.06. The van der Waals surface area contributed by atoms with Gasteiger partial charge < -0.3 is 20.5 Å². The van der Waals surface area contributed by atoms with Crippen LogP contribution in [0.25, 0.3) is 22.8 Å². The number of aryl methyl sites for hydroxylation is 1. The van der Waals surface area contributed by atoms with Gasteiger partial charge in [0.05, 0.1) is 11.1 Å². The minimum absolute atomic E-state index is 0.0769. The highest BCUT2D eigenvalue weighted by Gasteiger charge is 2.28. The fraction of sp³-hybridized carbons (Fsp3) is 0.286. The molecule has 2 aromatic carbocycles. The molecule has 7 heteroatoms. The number of rotatable bonds is 6. The number of hydrogen-bond donors (Lipinski definition) is 3.